The van der Waals surface area contributed by atoms with Gasteiger partial charge in [-0.05, 0) is 11.4 Å². The van der Waals surface area contributed by atoms with Gasteiger partial charge >= 0.3 is 0 Å². The number of nitrogens with zero attached hydrogens (tertiary/aromatic N) is 3. The molecule has 3 rings (SSSR count). The molecule has 0 amide bonds. The fraction of sp³-hybridized carbons (Fsp3) is 0.250. The number of thiophene rings is 1. The Morgan fingerprint density at radius 2 is 2.39 bits per heavy atom. The van der Waals surface area contributed by atoms with Crippen LogP contribution in [-0.2, 0) is 13.0 Å². The lowest BCUT2D eigenvalue weighted by molar-refractivity contribution is 0.697. The molecule has 0 aliphatic heterocycles. The number of imidazole rings is 1. The third kappa shape index (κ3) is 1.84. The number of fused-ring (bicyclic) bond motifs is 1. The highest BCUT2D eigenvalue weighted by Crippen LogP contribution is 2.14. The van der Waals surface area contributed by atoms with E-state index in [4.69, 9.17) is 0 Å². The van der Waals surface area contributed by atoms with Crippen LogP contribution in [0.3, 0.4) is 0 Å². The van der Waals surface area contributed by atoms with Gasteiger partial charge in [-0.2, -0.15) is 0 Å². The summed E-state index contributed by atoms with van der Waals surface area (Å²) in [6, 6.07) is 1.87. The molecule has 0 saturated heterocycles. The third-order valence-electron chi connectivity index (χ3n) is 2.80. The topological polar surface area (TPSA) is 63.6 Å². The average Bonchev–Trinajstić information content (AvgIpc) is 2.97. The first-order valence-corrected chi connectivity index (χ1v) is 6.62. The Labute approximate surface area is 107 Å². The van der Waals surface area contributed by atoms with Gasteiger partial charge in [0.15, 0.2) is 0 Å². The molecule has 0 bridgehead atoms. The van der Waals surface area contributed by atoms with Gasteiger partial charge in [-0.25, -0.2) is 9.97 Å². The number of hydrogen-bond donors (Lipinski definition) is 1. The Balaban J connectivity index is 2.02. The average molecular weight is 260 g/mol. The normalized spacial score (nSPS) is 11.2. The summed E-state index contributed by atoms with van der Waals surface area (Å²) in [7, 11) is 0. The van der Waals surface area contributed by atoms with E-state index in [0.717, 1.165) is 17.8 Å². The van der Waals surface area contributed by atoms with Gasteiger partial charge in [0.2, 0.25) is 0 Å². The van der Waals surface area contributed by atoms with Crippen molar-refractivity contribution in [2.45, 2.75) is 19.9 Å². The van der Waals surface area contributed by atoms with Gasteiger partial charge in [-0.15, -0.1) is 11.3 Å². The molecule has 0 radical (unpaired) electrons. The molecule has 6 heteroatoms. The highest BCUT2D eigenvalue weighted by Gasteiger charge is 2.07. The lowest BCUT2D eigenvalue weighted by atomic mass is 10.4. The molecule has 18 heavy (non-hydrogen) atoms. The minimum atomic E-state index is -0.0665. The summed E-state index contributed by atoms with van der Waals surface area (Å²) in [6.07, 6.45) is 4.52. The van der Waals surface area contributed by atoms with Crippen molar-refractivity contribution in [3.63, 3.8) is 0 Å². The largest absolute Gasteiger partial charge is 0.327 e. The summed E-state index contributed by atoms with van der Waals surface area (Å²) in [5.41, 5.74) is 0.695. The van der Waals surface area contributed by atoms with Gasteiger partial charge in [0.05, 0.1) is 12.1 Å². The molecule has 0 aliphatic rings. The molecule has 3 heterocycles. The maximum absolute atomic E-state index is 11.8. The van der Waals surface area contributed by atoms with E-state index in [1.165, 1.54) is 11.3 Å². The Bertz CT molecular complexity index is 740. The number of aromatic amines is 1. The lowest BCUT2D eigenvalue weighted by Crippen LogP contribution is -2.14. The molecular formula is C12H12N4OS. The highest BCUT2D eigenvalue weighted by molar-refractivity contribution is 7.17. The van der Waals surface area contributed by atoms with Crippen molar-refractivity contribution < 1.29 is 0 Å². The molecule has 0 aliphatic carbocycles. The van der Waals surface area contributed by atoms with E-state index < -0.39 is 0 Å². The fourth-order valence-corrected chi connectivity index (χ4v) is 2.68. The van der Waals surface area contributed by atoms with Gasteiger partial charge in [0.25, 0.3) is 5.56 Å². The summed E-state index contributed by atoms with van der Waals surface area (Å²) in [6.45, 7) is 2.60. The van der Waals surface area contributed by atoms with Crippen LogP contribution in [0.15, 0.2) is 28.6 Å². The van der Waals surface area contributed by atoms with Gasteiger partial charge < -0.3 is 9.55 Å². The first-order chi connectivity index (χ1) is 8.78. The Morgan fingerprint density at radius 1 is 1.50 bits per heavy atom. The highest BCUT2D eigenvalue weighted by atomic mass is 32.1. The number of aryl methyl sites for hydroxylation is 1. The minimum absolute atomic E-state index is 0.0665. The summed E-state index contributed by atoms with van der Waals surface area (Å²) in [5.74, 6) is 1.65. The van der Waals surface area contributed by atoms with E-state index in [1.54, 1.807) is 6.20 Å². The van der Waals surface area contributed by atoms with Crippen LogP contribution in [0.1, 0.15) is 18.6 Å². The Hall–Kier alpha value is -1.95. The number of hydrogen-bond acceptors (Lipinski definition) is 4. The van der Waals surface area contributed by atoms with Crippen molar-refractivity contribution in [3.8, 4) is 0 Å². The van der Waals surface area contributed by atoms with Crippen LogP contribution in [0.4, 0.5) is 0 Å². The number of nitrogens with one attached hydrogen (secondary N) is 1. The van der Waals surface area contributed by atoms with Crippen LogP contribution >= 0.6 is 11.3 Å². The van der Waals surface area contributed by atoms with Crippen LogP contribution in [-0.4, -0.2) is 19.5 Å². The molecule has 0 atom stereocenters. The van der Waals surface area contributed by atoms with Crippen molar-refractivity contribution in [1.82, 2.24) is 19.5 Å². The second kappa shape index (κ2) is 4.38. The molecule has 0 fully saturated rings. The van der Waals surface area contributed by atoms with Crippen molar-refractivity contribution in [1.29, 1.82) is 0 Å². The van der Waals surface area contributed by atoms with E-state index in [0.29, 0.717) is 17.1 Å². The van der Waals surface area contributed by atoms with Crippen molar-refractivity contribution in [3.05, 3.63) is 45.8 Å². The number of H-pyrrole nitrogens is 1. The fourth-order valence-electron chi connectivity index (χ4n) is 1.96. The molecule has 0 aromatic carbocycles. The summed E-state index contributed by atoms with van der Waals surface area (Å²) in [5, 5.41) is 1.88. The quantitative estimate of drug-likeness (QED) is 0.781. The molecule has 92 valence electrons. The van der Waals surface area contributed by atoms with Gasteiger partial charge in [-0.1, -0.05) is 6.92 Å². The summed E-state index contributed by atoms with van der Waals surface area (Å²) in [4.78, 5) is 23.4. The zero-order valence-corrected chi connectivity index (χ0v) is 10.7. The smallest absolute Gasteiger partial charge is 0.268 e. The minimum Gasteiger partial charge on any atom is -0.327 e. The first-order valence-electron chi connectivity index (χ1n) is 5.74. The molecule has 3 aromatic rings. The van der Waals surface area contributed by atoms with Gasteiger partial charge in [0.1, 0.15) is 16.3 Å². The Kier molecular flexibility index (Phi) is 2.71. The lowest BCUT2D eigenvalue weighted by Gasteiger charge is -2.05. The van der Waals surface area contributed by atoms with E-state index >= 15 is 0 Å². The third-order valence-corrected chi connectivity index (χ3v) is 3.70. The monoisotopic (exact) mass is 260 g/mol. The number of rotatable bonds is 3. The first kappa shape index (κ1) is 11.2. The second-order valence-corrected chi connectivity index (χ2v) is 4.89. The van der Waals surface area contributed by atoms with E-state index in [9.17, 15) is 4.79 Å². The van der Waals surface area contributed by atoms with Gasteiger partial charge in [0, 0.05) is 18.8 Å². The maximum Gasteiger partial charge on any atom is 0.268 e. The van der Waals surface area contributed by atoms with Crippen LogP contribution in [0.25, 0.3) is 10.2 Å². The summed E-state index contributed by atoms with van der Waals surface area (Å²) >= 11 is 1.41. The van der Waals surface area contributed by atoms with E-state index in [1.807, 2.05) is 22.2 Å². The molecule has 0 unspecified atom stereocenters. The van der Waals surface area contributed by atoms with Gasteiger partial charge in [-0.3, -0.25) is 4.79 Å². The zero-order chi connectivity index (χ0) is 12.5. The van der Waals surface area contributed by atoms with Crippen molar-refractivity contribution in [2.75, 3.05) is 0 Å². The number of aromatic nitrogens is 4. The Morgan fingerprint density at radius 3 is 3.22 bits per heavy atom. The zero-order valence-electron chi connectivity index (χ0n) is 9.88. The van der Waals surface area contributed by atoms with E-state index in [-0.39, 0.29) is 5.56 Å². The van der Waals surface area contributed by atoms with Crippen LogP contribution < -0.4 is 5.56 Å². The van der Waals surface area contributed by atoms with Crippen LogP contribution in [0.5, 0.6) is 0 Å². The van der Waals surface area contributed by atoms with Crippen LogP contribution in [0.2, 0.25) is 0 Å². The van der Waals surface area contributed by atoms with E-state index in [2.05, 4.69) is 21.9 Å². The maximum atomic E-state index is 11.8. The predicted octanol–water partition coefficient (Wildman–Crippen LogP) is 1.79. The van der Waals surface area contributed by atoms with Crippen molar-refractivity contribution in [2.24, 2.45) is 0 Å². The summed E-state index contributed by atoms with van der Waals surface area (Å²) < 4.78 is 2.68. The molecule has 0 spiro atoms. The molecule has 5 nitrogen and oxygen atoms in total. The molecular weight excluding hydrogens is 248 g/mol. The predicted molar refractivity (Wildman–Crippen MR) is 70.9 cm³/mol. The molecule has 3 aromatic heterocycles. The molecule has 1 N–H and O–H groups in total. The SMILES string of the molecule is CCc1nccn1Cc1nc2ccsc2c(=O)[nH]1. The second-order valence-electron chi connectivity index (χ2n) is 3.97. The standard InChI is InChI=1S/C12H12N4OS/c1-2-10-13-4-5-16(10)7-9-14-8-3-6-18-11(8)12(17)15-9/h3-6H,2,7H2,1H3,(H,14,15,17). The molecule has 0 saturated carbocycles. The van der Waals surface area contributed by atoms with Crippen molar-refractivity contribution >= 4 is 21.6 Å². The van der Waals surface area contributed by atoms with Crippen LogP contribution in [0, 0.1) is 0 Å².